The van der Waals surface area contributed by atoms with Crippen molar-refractivity contribution < 1.29 is 9.53 Å². The van der Waals surface area contributed by atoms with Gasteiger partial charge >= 0.3 is 0 Å². The van der Waals surface area contributed by atoms with Gasteiger partial charge in [-0.15, -0.1) is 11.6 Å². The molecule has 0 aromatic heterocycles. The Morgan fingerprint density at radius 2 is 2.25 bits per heavy atom. The Kier molecular flexibility index (Phi) is 3.80. The van der Waals surface area contributed by atoms with Crippen LogP contribution < -0.4 is 5.32 Å². The largest absolute Gasteiger partial charge is 0.368 e. The topological polar surface area (TPSA) is 38.3 Å². The van der Waals surface area contributed by atoms with Crippen molar-refractivity contribution in [1.29, 1.82) is 0 Å². The fraction of sp³-hybridized carbons (Fsp3) is 0.417. The molecule has 0 saturated heterocycles. The van der Waals surface area contributed by atoms with Crippen LogP contribution in [-0.2, 0) is 16.0 Å². The highest BCUT2D eigenvalue weighted by Crippen LogP contribution is 2.23. The molecule has 0 fully saturated rings. The molecule has 4 heteroatoms. The highest BCUT2D eigenvalue weighted by molar-refractivity contribution is 6.17. The van der Waals surface area contributed by atoms with Crippen LogP contribution in [0.25, 0.3) is 0 Å². The van der Waals surface area contributed by atoms with Gasteiger partial charge in [-0.3, -0.25) is 4.79 Å². The van der Waals surface area contributed by atoms with E-state index in [-0.39, 0.29) is 12.0 Å². The molecule has 1 N–H and O–H groups in total. The lowest BCUT2D eigenvalue weighted by molar-refractivity contribution is -0.127. The molecule has 1 aromatic carbocycles. The minimum Gasteiger partial charge on any atom is -0.368 e. The number of ether oxygens (including phenoxy) is 1. The number of hydrogen-bond acceptors (Lipinski definition) is 2. The van der Waals surface area contributed by atoms with Gasteiger partial charge in [0, 0.05) is 24.6 Å². The van der Waals surface area contributed by atoms with E-state index in [1.807, 2.05) is 24.3 Å². The molecule has 0 spiro atoms. The van der Waals surface area contributed by atoms with Gasteiger partial charge < -0.3 is 10.1 Å². The number of fused-ring (bicyclic) bond motifs is 1. The normalized spacial score (nSPS) is 19.1. The van der Waals surface area contributed by atoms with Crippen molar-refractivity contribution in [2.75, 3.05) is 17.8 Å². The molecule has 0 bridgehead atoms. The van der Waals surface area contributed by atoms with Gasteiger partial charge in [0.2, 0.25) is 0 Å². The molecule has 86 valence electrons. The predicted octanol–water partition coefficient (Wildman–Crippen LogP) is 2.20. The molecule has 1 aliphatic rings. The molecule has 0 saturated carbocycles. The third-order valence-electron chi connectivity index (χ3n) is 2.57. The Bertz CT molecular complexity index is 381. The summed E-state index contributed by atoms with van der Waals surface area (Å²) in [6.07, 6.45) is 1.04. The van der Waals surface area contributed by atoms with Gasteiger partial charge in [-0.05, 0) is 18.1 Å². The third kappa shape index (κ3) is 2.54. The van der Waals surface area contributed by atoms with Crippen LogP contribution in [0.4, 0.5) is 5.69 Å². The molecule has 16 heavy (non-hydrogen) atoms. The van der Waals surface area contributed by atoms with Crippen molar-refractivity contribution in [2.45, 2.75) is 18.9 Å². The summed E-state index contributed by atoms with van der Waals surface area (Å²) in [5.74, 6) is 0.499. The smallest absolute Gasteiger partial charge is 0.253 e. The second-order valence-electron chi connectivity index (χ2n) is 3.75. The lowest BCUT2D eigenvalue weighted by Gasteiger charge is -2.24. The molecule has 1 atom stereocenters. The Hall–Kier alpha value is -1.06. The van der Waals surface area contributed by atoms with E-state index in [2.05, 4.69) is 5.32 Å². The van der Waals surface area contributed by atoms with Crippen LogP contribution in [0.2, 0.25) is 0 Å². The van der Waals surface area contributed by atoms with E-state index < -0.39 is 0 Å². The van der Waals surface area contributed by atoms with E-state index in [0.717, 1.165) is 17.7 Å². The van der Waals surface area contributed by atoms with Crippen LogP contribution in [0, 0.1) is 0 Å². The van der Waals surface area contributed by atoms with Crippen LogP contribution in [0.5, 0.6) is 0 Å². The number of rotatable bonds is 4. The maximum absolute atomic E-state index is 11.7. The van der Waals surface area contributed by atoms with Gasteiger partial charge in [0.05, 0.1) is 0 Å². The van der Waals surface area contributed by atoms with E-state index in [1.54, 1.807) is 0 Å². The molecule has 3 nitrogen and oxygen atoms in total. The summed E-state index contributed by atoms with van der Waals surface area (Å²) in [5, 5.41) is 2.84. The maximum Gasteiger partial charge on any atom is 0.253 e. The fourth-order valence-corrected chi connectivity index (χ4v) is 1.85. The second kappa shape index (κ2) is 5.32. The Morgan fingerprint density at radius 3 is 3.06 bits per heavy atom. The quantitative estimate of drug-likeness (QED) is 0.646. The van der Waals surface area contributed by atoms with Crippen molar-refractivity contribution in [3.05, 3.63) is 29.8 Å². The molecular formula is C12H14ClNO2. The average Bonchev–Trinajstić information content (AvgIpc) is 2.30. The van der Waals surface area contributed by atoms with Crippen LogP contribution in [-0.4, -0.2) is 24.5 Å². The van der Waals surface area contributed by atoms with Gasteiger partial charge in [-0.25, -0.2) is 0 Å². The number of carbonyl (C=O) groups is 1. The summed E-state index contributed by atoms with van der Waals surface area (Å²) < 4.78 is 5.50. The zero-order valence-corrected chi connectivity index (χ0v) is 9.67. The van der Waals surface area contributed by atoms with E-state index >= 15 is 0 Å². The molecule has 2 rings (SSSR count). The summed E-state index contributed by atoms with van der Waals surface area (Å²) >= 11 is 5.56. The van der Waals surface area contributed by atoms with E-state index in [1.165, 1.54) is 0 Å². The van der Waals surface area contributed by atoms with Crippen LogP contribution in [0.3, 0.4) is 0 Å². The molecular weight excluding hydrogens is 226 g/mol. The van der Waals surface area contributed by atoms with Crippen molar-refractivity contribution in [3.8, 4) is 0 Å². The summed E-state index contributed by atoms with van der Waals surface area (Å²) in [4.78, 5) is 11.7. The highest BCUT2D eigenvalue weighted by atomic mass is 35.5. The number of hydrogen-bond donors (Lipinski definition) is 1. The van der Waals surface area contributed by atoms with E-state index in [4.69, 9.17) is 16.3 Å². The standard InChI is InChI=1S/C12H14ClNO2/c13-6-3-7-16-11-8-9-4-1-2-5-10(9)14-12(11)15/h1-2,4-5,11H,3,6-8H2,(H,14,15). The molecule has 1 aromatic rings. The first kappa shape index (κ1) is 11.4. The monoisotopic (exact) mass is 239 g/mol. The number of amides is 1. The number of anilines is 1. The third-order valence-corrected chi connectivity index (χ3v) is 2.84. The number of nitrogens with one attached hydrogen (secondary N) is 1. The zero-order chi connectivity index (χ0) is 11.4. The summed E-state index contributed by atoms with van der Waals surface area (Å²) in [6, 6.07) is 7.79. The molecule has 0 radical (unpaired) electrons. The van der Waals surface area contributed by atoms with Crippen LogP contribution in [0.1, 0.15) is 12.0 Å². The first-order valence-electron chi connectivity index (χ1n) is 5.37. The van der Waals surface area contributed by atoms with Gasteiger partial charge in [0.25, 0.3) is 5.91 Å². The maximum atomic E-state index is 11.7. The summed E-state index contributed by atoms with van der Waals surface area (Å²) in [5.41, 5.74) is 2.02. The minimum atomic E-state index is -0.377. The van der Waals surface area contributed by atoms with E-state index in [9.17, 15) is 4.79 Å². The number of benzene rings is 1. The number of alkyl halides is 1. The van der Waals surface area contributed by atoms with Crippen molar-refractivity contribution >= 4 is 23.2 Å². The van der Waals surface area contributed by atoms with E-state index in [0.29, 0.717) is 18.9 Å². The Balaban J connectivity index is 2.01. The number of carbonyl (C=O) groups excluding carboxylic acids is 1. The van der Waals surface area contributed by atoms with Crippen molar-refractivity contribution in [2.24, 2.45) is 0 Å². The SMILES string of the molecule is O=C1Nc2ccccc2CC1OCCCCl. The molecule has 0 aliphatic carbocycles. The average molecular weight is 240 g/mol. The summed E-state index contributed by atoms with van der Waals surface area (Å²) in [6.45, 7) is 0.532. The Labute approximate surface area is 99.7 Å². The second-order valence-corrected chi connectivity index (χ2v) is 4.13. The first-order chi connectivity index (χ1) is 7.81. The van der Waals surface area contributed by atoms with Gasteiger partial charge in [-0.2, -0.15) is 0 Å². The fourth-order valence-electron chi connectivity index (χ4n) is 1.74. The molecule has 1 unspecified atom stereocenters. The molecule has 1 aliphatic heterocycles. The predicted molar refractivity (Wildman–Crippen MR) is 63.9 cm³/mol. The lowest BCUT2D eigenvalue weighted by Crippen LogP contribution is -2.36. The van der Waals surface area contributed by atoms with Gasteiger partial charge in [0.15, 0.2) is 0 Å². The number of halogens is 1. The Morgan fingerprint density at radius 1 is 1.44 bits per heavy atom. The zero-order valence-electron chi connectivity index (χ0n) is 8.91. The first-order valence-corrected chi connectivity index (χ1v) is 5.91. The summed E-state index contributed by atoms with van der Waals surface area (Å²) in [7, 11) is 0. The van der Waals surface area contributed by atoms with Crippen LogP contribution >= 0.6 is 11.6 Å². The molecule has 1 amide bonds. The van der Waals surface area contributed by atoms with Gasteiger partial charge in [-0.1, -0.05) is 18.2 Å². The lowest BCUT2D eigenvalue weighted by atomic mass is 10.0. The number of para-hydroxylation sites is 1. The van der Waals surface area contributed by atoms with Crippen molar-refractivity contribution in [3.63, 3.8) is 0 Å². The highest BCUT2D eigenvalue weighted by Gasteiger charge is 2.25. The van der Waals surface area contributed by atoms with Crippen molar-refractivity contribution in [1.82, 2.24) is 0 Å². The molecule has 1 heterocycles. The van der Waals surface area contributed by atoms with Gasteiger partial charge in [0.1, 0.15) is 6.10 Å². The van der Waals surface area contributed by atoms with Crippen LogP contribution in [0.15, 0.2) is 24.3 Å². The minimum absolute atomic E-state index is 0.0618.